The highest BCUT2D eigenvalue weighted by molar-refractivity contribution is 9.09. The first-order valence-corrected chi connectivity index (χ1v) is 8.39. The molecule has 0 saturated carbocycles. The van der Waals surface area contributed by atoms with Crippen LogP contribution in [0.5, 0.6) is 5.75 Å². The number of allylic oxidation sites excluding steroid dienone is 1. The Balaban J connectivity index is 1.97. The van der Waals surface area contributed by atoms with E-state index in [2.05, 4.69) is 15.9 Å². The van der Waals surface area contributed by atoms with E-state index in [9.17, 15) is 4.79 Å². The van der Waals surface area contributed by atoms with E-state index in [0.29, 0.717) is 12.2 Å². The van der Waals surface area contributed by atoms with Crippen LogP contribution in [0.15, 0.2) is 54.6 Å². The van der Waals surface area contributed by atoms with E-state index in [1.807, 2.05) is 49.4 Å². The Bertz CT molecular complexity index is 645. The monoisotopic (exact) mass is 358 g/mol. The number of aryl methyl sites for hydroxylation is 1. The average molecular weight is 359 g/mol. The third kappa shape index (κ3) is 5.15. The summed E-state index contributed by atoms with van der Waals surface area (Å²) >= 11 is 3.36. The fourth-order valence-corrected chi connectivity index (χ4v) is 2.23. The summed E-state index contributed by atoms with van der Waals surface area (Å²) in [6.45, 7) is 2.71. The maximum atomic E-state index is 12.1. The Kier molecular flexibility index (Phi) is 6.41. The number of benzene rings is 2. The first kappa shape index (κ1) is 16.5. The highest BCUT2D eigenvalue weighted by atomic mass is 79.9. The van der Waals surface area contributed by atoms with Crippen LogP contribution in [0.3, 0.4) is 0 Å². The Morgan fingerprint density at radius 1 is 1.18 bits per heavy atom. The fraction of sp³-hybridized carbons (Fsp3) is 0.211. The molecule has 0 aromatic heterocycles. The second-order valence-electron chi connectivity index (χ2n) is 5.03. The van der Waals surface area contributed by atoms with E-state index >= 15 is 0 Å². The Morgan fingerprint density at radius 3 is 2.64 bits per heavy atom. The van der Waals surface area contributed by atoms with Gasteiger partial charge in [-0.2, -0.15) is 0 Å². The van der Waals surface area contributed by atoms with E-state index in [4.69, 9.17) is 4.74 Å². The summed E-state index contributed by atoms with van der Waals surface area (Å²) < 4.78 is 5.56. The fourth-order valence-electron chi connectivity index (χ4n) is 2.00. The third-order valence-electron chi connectivity index (χ3n) is 3.15. The first-order valence-electron chi connectivity index (χ1n) is 7.27. The quantitative estimate of drug-likeness (QED) is 0.299. The molecule has 0 heterocycles. The predicted molar refractivity (Wildman–Crippen MR) is 94.9 cm³/mol. The molecule has 2 aromatic rings. The van der Waals surface area contributed by atoms with Crippen molar-refractivity contribution in [1.29, 1.82) is 0 Å². The van der Waals surface area contributed by atoms with Gasteiger partial charge >= 0.3 is 0 Å². The molecule has 0 aliphatic rings. The van der Waals surface area contributed by atoms with Gasteiger partial charge in [-0.3, -0.25) is 4.79 Å². The van der Waals surface area contributed by atoms with Gasteiger partial charge in [0.1, 0.15) is 5.75 Å². The molecule has 22 heavy (non-hydrogen) atoms. The molecule has 114 valence electrons. The van der Waals surface area contributed by atoms with Gasteiger partial charge in [0.15, 0.2) is 5.78 Å². The molecule has 0 radical (unpaired) electrons. The van der Waals surface area contributed by atoms with Crippen molar-refractivity contribution in [3.05, 3.63) is 71.3 Å². The lowest BCUT2D eigenvalue weighted by molar-refractivity contribution is 0.104. The lowest BCUT2D eigenvalue weighted by Crippen LogP contribution is -1.99. The summed E-state index contributed by atoms with van der Waals surface area (Å²) in [5, 5.41) is 0.924. The van der Waals surface area contributed by atoms with E-state index in [-0.39, 0.29) is 5.78 Å². The zero-order valence-corrected chi connectivity index (χ0v) is 14.2. The van der Waals surface area contributed by atoms with Gasteiger partial charge in [-0.1, -0.05) is 51.8 Å². The van der Waals surface area contributed by atoms with E-state index in [0.717, 1.165) is 23.1 Å². The minimum Gasteiger partial charge on any atom is -0.494 e. The van der Waals surface area contributed by atoms with Crippen LogP contribution in [0.25, 0.3) is 6.08 Å². The van der Waals surface area contributed by atoms with Crippen LogP contribution in [0.2, 0.25) is 0 Å². The number of alkyl halides is 1. The first-order chi connectivity index (χ1) is 10.7. The van der Waals surface area contributed by atoms with Crippen molar-refractivity contribution < 1.29 is 9.53 Å². The molecule has 0 saturated heterocycles. The molecular weight excluding hydrogens is 340 g/mol. The molecule has 0 amide bonds. The Labute approximate surface area is 139 Å². The highest BCUT2D eigenvalue weighted by Crippen LogP contribution is 2.14. The number of halogens is 1. The number of carbonyl (C=O) groups excluding carboxylic acids is 1. The zero-order valence-electron chi connectivity index (χ0n) is 12.6. The molecule has 0 unspecified atom stereocenters. The van der Waals surface area contributed by atoms with Crippen molar-refractivity contribution >= 4 is 27.8 Å². The average Bonchev–Trinajstić information content (AvgIpc) is 2.54. The van der Waals surface area contributed by atoms with E-state index in [1.165, 1.54) is 5.56 Å². The molecule has 3 heteroatoms. The van der Waals surface area contributed by atoms with Crippen LogP contribution in [-0.4, -0.2) is 17.7 Å². The van der Waals surface area contributed by atoms with Gasteiger partial charge in [-0.25, -0.2) is 0 Å². The summed E-state index contributed by atoms with van der Waals surface area (Å²) in [6.07, 6.45) is 4.41. The summed E-state index contributed by atoms with van der Waals surface area (Å²) in [7, 11) is 0. The third-order valence-corrected chi connectivity index (χ3v) is 3.72. The SMILES string of the molecule is Cc1cccc(C=CC(=O)c2ccc(OCCCBr)cc2)c1. The van der Waals surface area contributed by atoms with Gasteiger partial charge in [-0.15, -0.1) is 0 Å². The van der Waals surface area contributed by atoms with Gasteiger partial charge < -0.3 is 4.74 Å². The molecule has 0 spiro atoms. The molecule has 2 rings (SSSR count). The molecule has 0 N–H and O–H groups in total. The molecule has 2 nitrogen and oxygen atoms in total. The predicted octanol–water partition coefficient (Wildman–Crippen LogP) is 5.05. The number of ether oxygens (including phenoxy) is 1. The number of carbonyl (C=O) groups is 1. The largest absolute Gasteiger partial charge is 0.494 e. The van der Waals surface area contributed by atoms with Gasteiger partial charge in [0.05, 0.1) is 6.61 Å². The number of ketones is 1. The van der Waals surface area contributed by atoms with Gasteiger partial charge in [0.2, 0.25) is 0 Å². The molecule has 0 aliphatic heterocycles. The number of rotatable bonds is 7. The van der Waals surface area contributed by atoms with Crippen LogP contribution in [0.4, 0.5) is 0 Å². The van der Waals surface area contributed by atoms with Gasteiger partial charge in [0.25, 0.3) is 0 Å². The minimum absolute atomic E-state index is 0.00601. The summed E-state index contributed by atoms with van der Waals surface area (Å²) in [5.41, 5.74) is 2.87. The summed E-state index contributed by atoms with van der Waals surface area (Å²) in [6, 6.07) is 15.3. The van der Waals surface area contributed by atoms with E-state index in [1.54, 1.807) is 18.2 Å². The van der Waals surface area contributed by atoms with Crippen molar-refractivity contribution in [3.63, 3.8) is 0 Å². The maximum absolute atomic E-state index is 12.1. The second kappa shape index (κ2) is 8.54. The Hall–Kier alpha value is -1.87. The molecule has 0 aliphatic carbocycles. The van der Waals surface area contributed by atoms with Crippen molar-refractivity contribution in [1.82, 2.24) is 0 Å². The molecular formula is C19H19BrO2. The smallest absolute Gasteiger partial charge is 0.185 e. The van der Waals surface area contributed by atoms with Crippen LogP contribution in [0, 0.1) is 6.92 Å². The summed E-state index contributed by atoms with van der Waals surface area (Å²) in [5.74, 6) is 0.786. The molecule has 0 fully saturated rings. The maximum Gasteiger partial charge on any atom is 0.185 e. The lowest BCUT2D eigenvalue weighted by atomic mass is 10.1. The highest BCUT2D eigenvalue weighted by Gasteiger charge is 2.02. The van der Waals surface area contributed by atoms with Crippen molar-refractivity contribution in [3.8, 4) is 5.75 Å². The standard InChI is InChI=1S/C19H19BrO2/c1-15-4-2-5-16(14-15)6-11-19(21)17-7-9-18(10-8-17)22-13-3-12-20/h2,4-11,14H,3,12-13H2,1H3. The van der Waals surface area contributed by atoms with Crippen molar-refractivity contribution in [2.45, 2.75) is 13.3 Å². The normalized spacial score (nSPS) is 10.8. The van der Waals surface area contributed by atoms with Crippen molar-refractivity contribution in [2.24, 2.45) is 0 Å². The number of hydrogen-bond acceptors (Lipinski definition) is 2. The minimum atomic E-state index is -0.00601. The molecule has 0 atom stereocenters. The van der Waals surface area contributed by atoms with Crippen LogP contribution < -0.4 is 4.74 Å². The van der Waals surface area contributed by atoms with E-state index < -0.39 is 0 Å². The van der Waals surface area contributed by atoms with Gasteiger partial charge in [0, 0.05) is 10.9 Å². The summed E-state index contributed by atoms with van der Waals surface area (Å²) in [4.78, 5) is 12.1. The van der Waals surface area contributed by atoms with Gasteiger partial charge in [-0.05, 0) is 49.2 Å². The second-order valence-corrected chi connectivity index (χ2v) is 5.82. The lowest BCUT2D eigenvalue weighted by Gasteiger charge is -2.05. The Morgan fingerprint density at radius 2 is 1.95 bits per heavy atom. The molecule has 0 bridgehead atoms. The van der Waals surface area contributed by atoms with Crippen LogP contribution in [-0.2, 0) is 0 Å². The molecule has 2 aromatic carbocycles. The van der Waals surface area contributed by atoms with Crippen LogP contribution in [0.1, 0.15) is 27.9 Å². The zero-order chi connectivity index (χ0) is 15.8. The number of hydrogen-bond donors (Lipinski definition) is 0. The van der Waals surface area contributed by atoms with Crippen molar-refractivity contribution in [2.75, 3.05) is 11.9 Å². The topological polar surface area (TPSA) is 26.3 Å². The van der Waals surface area contributed by atoms with Crippen LogP contribution >= 0.6 is 15.9 Å².